The van der Waals surface area contributed by atoms with Crippen molar-refractivity contribution in [2.45, 2.75) is 39.7 Å². The number of hydrogen-bond acceptors (Lipinski definition) is 4. The van der Waals surface area contributed by atoms with Crippen molar-refractivity contribution in [3.05, 3.63) is 21.4 Å². The predicted molar refractivity (Wildman–Crippen MR) is 89.2 cm³/mol. The number of aryl methyl sites for hydroxylation is 1. The molecule has 0 aliphatic carbocycles. The molecule has 0 unspecified atom stereocenters. The minimum absolute atomic E-state index is 0.0347. The third-order valence-corrected chi connectivity index (χ3v) is 5.39. The van der Waals surface area contributed by atoms with Gasteiger partial charge in [0.05, 0.1) is 12.5 Å². The van der Waals surface area contributed by atoms with Gasteiger partial charge in [-0.2, -0.15) is 0 Å². The van der Waals surface area contributed by atoms with Gasteiger partial charge >= 0.3 is 0 Å². The molecule has 0 bridgehead atoms. The second-order valence-electron chi connectivity index (χ2n) is 5.68. The number of thiophene rings is 1. The molecule has 2 rings (SSSR count). The summed E-state index contributed by atoms with van der Waals surface area (Å²) in [6, 6.07) is -0.330. The number of nitrogens with one attached hydrogen (secondary N) is 2. The molecule has 1 saturated heterocycles. The van der Waals surface area contributed by atoms with E-state index >= 15 is 0 Å². The van der Waals surface area contributed by atoms with E-state index in [1.54, 1.807) is 11.3 Å². The fourth-order valence-corrected chi connectivity index (χ4v) is 3.68. The molecule has 1 aliphatic heterocycles. The minimum Gasteiger partial charge on any atom is -0.356 e. The van der Waals surface area contributed by atoms with Crippen LogP contribution in [0.25, 0.3) is 0 Å². The lowest BCUT2D eigenvalue weighted by Crippen LogP contribution is -2.56. The van der Waals surface area contributed by atoms with Crippen LogP contribution in [0.1, 0.15) is 29.3 Å². The first-order valence-electron chi connectivity index (χ1n) is 7.85. The average molecular weight is 323 g/mol. The Balaban J connectivity index is 1.79. The lowest BCUT2D eigenvalue weighted by molar-refractivity contribution is -0.133. The zero-order chi connectivity index (χ0) is 16.1. The van der Waals surface area contributed by atoms with Crippen LogP contribution < -0.4 is 10.6 Å². The lowest BCUT2D eigenvalue weighted by Gasteiger charge is -2.33. The van der Waals surface area contributed by atoms with Gasteiger partial charge < -0.3 is 10.6 Å². The fraction of sp³-hybridized carbons (Fsp3) is 0.625. The Morgan fingerprint density at radius 3 is 2.91 bits per heavy atom. The number of carbonyl (C=O) groups is 2. The molecule has 2 amide bonds. The largest absolute Gasteiger partial charge is 0.356 e. The number of hydrogen-bond donors (Lipinski definition) is 2. The summed E-state index contributed by atoms with van der Waals surface area (Å²) in [5.41, 5.74) is 2.62. The highest BCUT2D eigenvalue weighted by atomic mass is 32.1. The Kier molecular flexibility index (Phi) is 5.97. The van der Waals surface area contributed by atoms with Gasteiger partial charge in [0, 0.05) is 24.5 Å². The third kappa shape index (κ3) is 4.08. The number of amides is 2. The molecule has 0 radical (unpaired) electrons. The molecule has 0 aromatic carbocycles. The topological polar surface area (TPSA) is 61.4 Å². The number of nitrogens with zero attached hydrogens (tertiary/aromatic N) is 1. The van der Waals surface area contributed by atoms with E-state index in [1.807, 2.05) is 6.92 Å². The van der Waals surface area contributed by atoms with E-state index < -0.39 is 0 Å². The van der Waals surface area contributed by atoms with Crippen molar-refractivity contribution < 1.29 is 9.59 Å². The van der Waals surface area contributed by atoms with Crippen LogP contribution in [0.3, 0.4) is 0 Å². The molecule has 0 saturated carbocycles. The first kappa shape index (κ1) is 17.0. The van der Waals surface area contributed by atoms with Gasteiger partial charge in [0.2, 0.25) is 11.8 Å². The molecule has 0 spiro atoms. The van der Waals surface area contributed by atoms with Crippen LogP contribution in [-0.4, -0.2) is 48.9 Å². The molecule has 1 aliphatic rings. The van der Waals surface area contributed by atoms with Crippen LogP contribution in [0, 0.1) is 13.8 Å². The van der Waals surface area contributed by atoms with Gasteiger partial charge in [-0.15, -0.1) is 11.3 Å². The Bertz CT molecular complexity index is 541. The average Bonchev–Trinajstić information content (AvgIpc) is 2.81. The maximum absolute atomic E-state index is 12.1. The van der Waals surface area contributed by atoms with Gasteiger partial charge in [-0.05, 0) is 43.3 Å². The lowest BCUT2D eigenvalue weighted by atomic mass is 10.1. The van der Waals surface area contributed by atoms with E-state index in [0.29, 0.717) is 13.1 Å². The summed E-state index contributed by atoms with van der Waals surface area (Å²) in [6.07, 6.45) is 1.08. The van der Waals surface area contributed by atoms with E-state index in [4.69, 9.17) is 0 Å². The molecule has 1 atom stereocenters. The van der Waals surface area contributed by atoms with Crippen molar-refractivity contribution in [3.8, 4) is 0 Å². The third-order valence-electron chi connectivity index (χ3n) is 4.33. The number of rotatable bonds is 6. The summed E-state index contributed by atoms with van der Waals surface area (Å²) in [7, 11) is 0. The van der Waals surface area contributed by atoms with Crippen LogP contribution in [0.5, 0.6) is 0 Å². The van der Waals surface area contributed by atoms with Crippen molar-refractivity contribution in [2.75, 3.05) is 26.2 Å². The fourth-order valence-electron chi connectivity index (χ4n) is 2.76. The van der Waals surface area contributed by atoms with E-state index in [0.717, 1.165) is 19.5 Å². The van der Waals surface area contributed by atoms with E-state index in [2.05, 4.69) is 34.8 Å². The van der Waals surface area contributed by atoms with Crippen LogP contribution >= 0.6 is 11.3 Å². The van der Waals surface area contributed by atoms with E-state index in [-0.39, 0.29) is 24.3 Å². The van der Waals surface area contributed by atoms with Gasteiger partial charge in [-0.25, -0.2) is 0 Å². The summed E-state index contributed by atoms with van der Waals surface area (Å²) >= 11 is 1.75. The molecule has 1 aromatic rings. The molecule has 5 nitrogen and oxygen atoms in total. The maximum Gasteiger partial charge on any atom is 0.237 e. The first-order chi connectivity index (χ1) is 10.5. The van der Waals surface area contributed by atoms with Gasteiger partial charge in [-0.1, -0.05) is 6.92 Å². The van der Waals surface area contributed by atoms with Gasteiger partial charge in [0.15, 0.2) is 0 Å². The molecule has 6 heteroatoms. The smallest absolute Gasteiger partial charge is 0.237 e. The van der Waals surface area contributed by atoms with E-state index in [9.17, 15) is 9.59 Å². The first-order valence-corrected chi connectivity index (χ1v) is 8.73. The van der Waals surface area contributed by atoms with Gasteiger partial charge in [-0.3, -0.25) is 14.5 Å². The quantitative estimate of drug-likeness (QED) is 0.828. The zero-order valence-corrected chi connectivity index (χ0v) is 14.4. The summed E-state index contributed by atoms with van der Waals surface area (Å²) < 4.78 is 0. The van der Waals surface area contributed by atoms with Crippen LogP contribution in [0.4, 0.5) is 0 Å². The standard InChI is InChI=1S/C16H25N3O2S/c1-4-19-8-7-18-16(21)14(19)9-15(20)17-6-5-13-10-22-12(3)11(13)2/h10,14H,4-9H2,1-3H3,(H,17,20)(H,18,21)/t14-/m1/s1. The molecule has 122 valence electrons. The number of piperazine rings is 1. The normalized spacial score (nSPS) is 19.0. The Hall–Kier alpha value is -1.40. The van der Waals surface area contributed by atoms with Crippen molar-refractivity contribution in [1.29, 1.82) is 0 Å². The number of carbonyl (C=O) groups excluding carboxylic acids is 2. The monoisotopic (exact) mass is 323 g/mol. The number of likely N-dealkylation sites (N-methyl/N-ethyl adjacent to an activating group) is 1. The summed E-state index contributed by atoms with van der Waals surface area (Å²) in [5.74, 6) is -0.0855. The second-order valence-corrected chi connectivity index (χ2v) is 6.77. The SMILES string of the molecule is CCN1CCNC(=O)[C@H]1CC(=O)NCCc1csc(C)c1C. The zero-order valence-electron chi connectivity index (χ0n) is 13.6. The summed E-state index contributed by atoms with van der Waals surface area (Å²) in [5, 5.41) is 7.93. The molecule has 1 fully saturated rings. The summed E-state index contributed by atoms with van der Waals surface area (Å²) in [6.45, 7) is 9.15. The molecule has 2 N–H and O–H groups in total. The van der Waals surface area contributed by atoms with Crippen molar-refractivity contribution in [3.63, 3.8) is 0 Å². The Labute approximate surface area is 136 Å². The Morgan fingerprint density at radius 2 is 2.27 bits per heavy atom. The predicted octanol–water partition coefficient (Wildman–Crippen LogP) is 1.23. The maximum atomic E-state index is 12.1. The molecule has 2 heterocycles. The van der Waals surface area contributed by atoms with Crippen LogP contribution in [0.2, 0.25) is 0 Å². The highest BCUT2D eigenvalue weighted by Crippen LogP contribution is 2.20. The van der Waals surface area contributed by atoms with Crippen LogP contribution in [0.15, 0.2) is 5.38 Å². The molecular weight excluding hydrogens is 298 g/mol. The van der Waals surface area contributed by atoms with Crippen molar-refractivity contribution in [1.82, 2.24) is 15.5 Å². The minimum atomic E-state index is -0.330. The van der Waals surface area contributed by atoms with Gasteiger partial charge in [0.25, 0.3) is 0 Å². The molecular formula is C16H25N3O2S. The highest BCUT2D eigenvalue weighted by molar-refractivity contribution is 7.10. The van der Waals surface area contributed by atoms with Crippen molar-refractivity contribution >= 4 is 23.2 Å². The summed E-state index contributed by atoms with van der Waals surface area (Å²) in [4.78, 5) is 27.4. The van der Waals surface area contributed by atoms with Crippen LogP contribution in [-0.2, 0) is 16.0 Å². The van der Waals surface area contributed by atoms with Gasteiger partial charge in [0.1, 0.15) is 0 Å². The van der Waals surface area contributed by atoms with Crippen molar-refractivity contribution in [2.24, 2.45) is 0 Å². The highest BCUT2D eigenvalue weighted by Gasteiger charge is 2.30. The second kappa shape index (κ2) is 7.74. The molecule has 22 heavy (non-hydrogen) atoms. The van der Waals surface area contributed by atoms with E-state index in [1.165, 1.54) is 16.0 Å². The Morgan fingerprint density at radius 1 is 1.50 bits per heavy atom. The molecule has 1 aromatic heterocycles.